The summed E-state index contributed by atoms with van der Waals surface area (Å²) < 4.78 is 37.3. The average molecular weight is 257 g/mol. The minimum absolute atomic E-state index is 0.409. The van der Waals surface area contributed by atoms with Gasteiger partial charge in [0.2, 0.25) is 0 Å². The summed E-state index contributed by atoms with van der Waals surface area (Å²) in [5.74, 6) is 0.701. The zero-order valence-electron chi connectivity index (χ0n) is 10.4. The molecule has 1 aliphatic rings. The molecule has 1 aromatic carbocycles. The molecule has 1 N–H and O–H groups in total. The van der Waals surface area contributed by atoms with Gasteiger partial charge in [0.05, 0.1) is 5.56 Å². The van der Waals surface area contributed by atoms with Gasteiger partial charge in [0, 0.05) is 6.04 Å². The predicted molar refractivity (Wildman–Crippen MR) is 65.3 cm³/mol. The maximum atomic E-state index is 12.4. The van der Waals surface area contributed by atoms with Gasteiger partial charge < -0.3 is 5.32 Å². The molecule has 0 radical (unpaired) electrons. The number of nitrogens with one attached hydrogen (secondary N) is 1. The van der Waals surface area contributed by atoms with Crippen molar-refractivity contribution in [1.29, 1.82) is 0 Å². The molecule has 1 aromatic rings. The molecule has 4 heteroatoms. The van der Waals surface area contributed by atoms with E-state index in [1.54, 1.807) is 12.1 Å². The molecular formula is C14H18F3N. The van der Waals surface area contributed by atoms with Crippen LogP contribution >= 0.6 is 0 Å². The molecule has 0 spiro atoms. The van der Waals surface area contributed by atoms with Crippen molar-refractivity contribution < 1.29 is 13.2 Å². The van der Waals surface area contributed by atoms with Gasteiger partial charge in [0.25, 0.3) is 0 Å². The Morgan fingerprint density at radius 3 is 2.28 bits per heavy atom. The maximum absolute atomic E-state index is 12.4. The van der Waals surface area contributed by atoms with Crippen molar-refractivity contribution in [3.8, 4) is 0 Å². The van der Waals surface area contributed by atoms with Crippen LogP contribution in [0.1, 0.15) is 30.9 Å². The molecule has 2 rings (SSSR count). The van der Waals surface area contributed by atoms with Crippen LogP contribution in [-0.2, 0) is 12.6 Å². The smallest absolute Gasteiger partial charge is 0.314 e. The molecule has 1 aliphatic carbocycles. The summed E-state index contributed by atoms with van der Waals surface area (Å²) in [7, 11) is 0. The van der Waals surface area contributed by atoms with E-state index in [-0.39, 0.29) is 0 Å². The van der Waals surface area contributed by atoms with Crippen molar-refractivity contribution in [2.75, 3.05) is 6.54 Å². The Morgan fingerprint density at radius 2 is 1.83 bits per heavy atom. The number of hydrogen-bond acceptors (Lipinski definition) is 1. The van der Waals surface area contributed by atoms with Crippen LogP contribution in [0.2, 0.25) is 0 Å². The third kappa shape index (κ3) is 3.48. The standard InChI is InChI=1S/C14H18F3N/c1-2-18-13(11-5-6-11)9-10-3-7-12(8-4-10)14(15,16)17/h3-4,7-8,11,13,18H,2,5-6,9H2,1H3. The lowest BCUT2D eigenvalue weighted by atomic mass is 10.0. The van der Waals surface area contributed by atoms with Crippen molar-refractivity contribution >= 4 is 0 Å². The molecule has 1 saturated carbocycles. The summed E-state index contributed by atoms with van der Waals surface area (Å²) in [6.07, 6.45) is -0.955. The van der Waals surface area contributed by atoms with Crippen LogP contribution in [0.25, 0.3) is 0 Å². The number of alkyl halides is 3. The molecule has 1 nitrogen and oxygen atoms in total. The van der Waals surface area contributed by atoms with Crippen molar-refractivity contribution in [3.05, 3.63) is 35.4 Å². The molecule has 0 heterocycles. The molecule has 1 fully saturated rings. The van der Waals surface area contributed by atoms with Crippen molar-refractivity contribution in [1.82, 2.24) is 5.32 Å². The summed E-state index contributed by atoms with van der Waals surface area (Å²) in [6.45, 7) is 2.96. The fourth-order valence-electron chi connectivity index (χ4n) is 2.25. The first kappa shape index (κ1) is 13.4. The van der Waals surface area contributed by atoms with Gasteiger partial charge in [-0.15, -0.1) is 0 Å². The van der Waals surface area contributed by atoms with E-state index in [0.29, 0.717) is 12.0 Å². The highest BCUT2D eigenvalue weighted by Crippen LogP contribution is 2.34. The highest BCUT2D eigenvalue weighted by Gasteiger charge is 2.32. The summed E-state index contributed by atoms with van der Waals surface area (Å²) in [5, 5.41) is 3.42. The van der Waals surface area contributed by atoms with E-state index in [1.807, 2.05) is 0 Å². The van der Waals surface area contributed by atoms with Gasteiger partial charge >= 0.3 is 6.18 Å². The Balaban J connectivity index is 2.00. The third-order valence-electron chi connectivity index (χ3n) is 3.39. The van der Waals surface area contributed by atoms with Crippen LogP contribution in [0.15, 0.2) is 24.3 Å². The second kappa shape index (κ2) is 5.31. The van der Waals surface area contributed by atoms with Crippen LogP contribution in [0.5, 0.6) is 0 Å². The lowest BCUT2D eigenvalue weighted by Gasteiger charge is -2.17. The van der Waals surface area contributed by atoms with Crippen LogP contribution < -0.4 is 5.32 Å². The first-order chi connectivity index (χ1) is 8.50. The summed E-state index contributed by atoms with van der Waals surface area (Å²) >= 11 is 0. The first-order valence-electron chi connectivity index (χ1n) is 6.40. The quantitative estimate of drug-likeness (QED) is 0.849. The Hall–Kier alpha value is -1.03. The van der Waals surface area contributed by atoms with E-state index in [2.05, 4.69) is 12.2 Å². The third-order valence-corrected chi connectivity index (χ3v) is 3.39. The maximum Gasteiger partial charge on any atom is 0.416 e. The van der Waals surface area contributed by atoms with Crippen LogP contribution in [0.3, 0.4) is 0 Å². The van der Waals surface area contributed by atoms with Gasteiger partial charge in [-0.25, -0.2) is 0 Å². The summed E-state index contributed by atoms with van der Waals surface area (Å²) in [6, 6.07) is 5.94. The molecule has 0 bridgehead atoms. The molecule has 1 unspecified atom stereocenters. The molecule has 0 aromatic heterocycles. The second-order valence-corrected chi connectivity index (χ2v) is 4.90. The van der Waals surface area contributed by atoms with E-state index in [1.165, 1.54) is 25.0 Å². The molecule has 100 valence electrons. The van der Waals surface area contributed by atoms with Gasteiger partial charge in [0.15, 0.2) is 0 Å². The van der Waals surface area contributed by atoms with Crippen molar-refractivity contribution in [2.24, 2.45) is 5.92 Å². The topological polar surface area (TPSA) is 12.0 Å². The van der Waals surface area contributed by atoms with Gasteiger partial charge in [0.1, 0.15) is 0 Å². The summed E-state index contributed by atoms with van der Waals surface area (Å²) in [4.78, 5) is 0. The first-order valence-corrected chi connectivity index (χ1v) is 6.40. The Labute approximate surface area is 105 Å². The van der Waals surface area contributed by atoms with Gasteiger partial charge in [-0.2, -0.15) is 13.2 Å². The minimum atomic E-state index is -4.24. The number of hydrogen-bond donors (Lipinski definition) is 1. The number of likely N-dealkylation sites (N-methyl/N-ethyl adjacent to an activating group) is 1. The molecule has 0 aliphatic heterocycles. The van der Waals surface area contributed by atoms with Crippen molar-refractivity contribution in [3.63, 3.8) is 0 Å². The lowest BCUT2D eigenvalue weighted by molar-refractivity contribution is -0.137. The molecule has 18 heavy (non-hydrogen) atoms. The fraction of sp³-hybridized carbons (Fsp3) is 0.571. The Kier molecular flexibility index (Phi) is 3.95. The summed E-state index contributed by atoms with van der Waals surface area (Å²) in [5.41, 5.74) is 0.401. The number of benzene rings is 1. The Morgan fingerprint density at radius 1 is 1.22 bits per heavy atom. The normalized spacial score (nSPS) is 17.8. The number of rotatable bonds is 5. The van der Waals surface area contributed by atoms with E-state index >= 15 is 0 Å². The average Bonchev–Trinajstić information content (AvgIpc) is 3.12. The van der Waals surface area contributed by atoms with Crippen LogP contribution in [-0.4, -0.2) is 12.6 Å². The minimum Gasteiger partial charge on any atom is -0.314 e. The van der Waals surface area contributed by atoms with E-state index in [4.69, 9.17) is 0 Å². The molecule has 1 atom stereocenters. The lowest BCUT2D eigenvalue weighted by Crippen LogP contribution is -2.32. The molecule has 0 amide bonds. The SMILES string of the molecule is CCNC(Cc1ccc(C(F)(F)F)cc1)C1CC1. The number of halogens is 3. The fourth-order valence-corrected chi connectivity index (χ4v) is 2.25. The highest BCUT2D eigenvalue weighted by molar-refractivity contribution is 5.25. The Bertz CT molecular complexity index is 379. The largest absolute Gasteiger partial charge is 0.416 e. The monoisotopic (exact) mass is 257 g/mol. The van der Waals surface area contributed by atoms with Gasteiger partial charge in [-0.3, -0.25) is 0 Å². The van der Waals surface area contributed by atoms with Crippen molar-refractivity contribution in [2.45, 2.75) is 38.4 Å². The highest BCUT2D eigenvalue weighted by atomic mass is 19.4. The van der Waals surface area contributed by atoms with Crippen LogP contribution in [0, 0.1) is 5.92 Å². The predicted octanol–water partition coefficient (Wildman–Crippen LogP) is 3.64. The molecule has 0 saturated heterocycles. The zero-order chi connectivity index (χ0) is 13.2. The van der Waals surface area contributed by atoms with E-state index in [0.717, 1.165) is 18.5 Å². The van der Waals surface area contributed by atoms with Crippen LogP contribution in [0.4, 0.5) is 13.2 Å². The van der Waals surface area contributed by atoms with E-state index < -0.39 is 11.7 Å². The van der Waals surface area contributed by atoms with E-state index in [9.17, 15) is 13.2 Å². The van der Waals surface area contributed by atoms with Gasteiger partial charge in [-0.1, -0.05) is 19.1 Å². The zero-order valence-corrected chi connectivity index (χ0v) is 10.4. The molecular weight excluding hydrogens is 239 g/mol. The second-order valence-electron chi connectivity index (χ2n) is 4.90. The van der Waals surface area contributed by atoms with Gasteiger partial charge in [-0.05, 0) is 49.4 Å².